The Morgan fingerprint density at radius 1 is 1.42 bits per heavy atom. The summed E-state index contributed by atoms with van der Waals surface area (Å²) in [6.07, 6.45) is 1.97. The molecule has 1 amide bonds. The van der Waals surface area contributed by atoms with Crippen molar-refractivity contribution >= 4 is 15.7 Å². The zero-order valence-corrected chi connectivity index (χ0v) is 18.5. The molecule has 0 bridgehead atoms. The van der Waals surface area contributed by atoms with Crippen LogP contribution < -0.4 is 4.74 Å². The number of benzene rings is 1. The third-order valence-electron chi connectivity index (χ3n) is 6.28. The van der Waals surface area contributed by atoms with Crippen LogP contribution in [0.5, 0.6) is 5.75 Å². The fourth-order valence-corrected chi connectivity index (χ4v) is 4.90. The number of carbonyl (C=O) groups is 1. The van der Waals surface area contributed by atoms with Crippen molar-refractivity contribution < 1.29 is 31.3 Å². The van der Waals surface area contributed by atoms with E-state index < -0.39 is 27.8 Å². The Kier molecular flexibility index (Phi) is 4.92. The van der Waals surface area contributed by atoms with E-state index in [0.29, 0.717) is 13.1 Å². The van der Waals surface area contributed by atoms with Crippen LogP contribution in [0, 0.1) is 12.8 Å². The fraction of sp³-hybridized carbons (Fsp3) is 0.524. The second kappa shape index (κ2) is 7.01. The summed E-state index contributed by atoms with van der Waals surface area (Å²) in [5, 5.41) is 4.11. The molecule has 0 N–H and O–H groups in total. The highest BCUT2D eigenvalue weighted by Gasteiger charge is 2.64. The van der Waals surface area contributed by atoms with Gasteiger partial charge in [-0.05, 0) is 44.4 Å². The number of nitrogens with zero attached hydrogens (tertiary/aromatic N) is 2. The van der Waals surface area contributed by atoms with E-state index in [1.807, 2.05) is 6.92 Å². The molecule has 1 aliphatic heterocycles. The standard InChI is InChI=1S/C21H24F2N2O5S/c1-12-10-29-24-18(12)21-8-14(21)9-25(11-21)19(26)16-7-15(31(4,27)28)5-6-17(16)30-13(2)20(3,22)23/h5-7,10,13-14H,8-9,11H2,1-4H3/t13-,14?,21?/m0/s1. The van der Waals surface area contributed by atoms with Crippen molar-refractivity contribution in [1.82, 2.24) is 10.1 Å². The van der Waals surface area contributed by atoms with Crippen molar-refractivity contribution in [3.05, 3.63) is 41.3 Å². The van der Waals surface area contributed by atoms with E-state index in [0.717, 1.165) is 30.9 Å². The van der Waals surface area contributed by atoms with Crippen molar-refractivity contribution in [2.24, 2.45) is 5.92 Å². The number of halogens is 2. The number of aryl methyl sites for hydroxylation is 1. The van der Waals surface area contributed by atoms with Gasteiger partial charge in [0.05, 0.1) is 16.2 Å². The Morgan fingerprint density at radius 2 is 2.13 bits per heavy atom. The monoisotopic (exact) mass is 454 g/mol. The van der Waals surface area contributed by atoms with Crippen LogP contribution in [0.3, 0.4) is 0 Å². The number of fused-ring (bicyclic) bond motifs is 1. The number of aromatic nitrogens is 1. The molecule has 3 atom stereocenters. The van der Waals surface area contributed by atoms with Gasteiger partial charge in [0, 0.05) is 37.2 Å². The Hall–Kier alpha value is -2.49. The molecule has 4 rings (SSSR count). The van der Waals surface area contributed by atoms with E-state index >= 15 is 0 Å². The molecular formula is C21H24F2N2O5S. The van der Waals surface area contributed by atoms with Crippen molar-refractivity contribution in [1.29, 1.82) is 0 Å². The lowest BCUT2D eigenvalue weighted by Crippen LogP contribution is -2.35. The minimum Gasteiger partial charge on any atom is -0.484 e. The first-order chi connectivity index (χ1) is 14.3. The van der Waals surface area contributed by atoms with Crippen molar-refractivity contribution in [3.8, 4) is 5.75 Å². The predicted molar refractivity (Wildman–Crippen MR) is 107 cm³/mol. The molecular weight excluding hydrogens is 430 g/mol. The van der Waals surface area contributed by atoms with E-state index in [9.17, 15) is 22.0 Å². The van der Waals surface area contributed by atoms with Gasteiger partial charge in [-0.2, -0.15) is 0 Å². The second-order valence-electron chi connectivity index (χ2n) is 8.74. The van der Waals surface area contributed by atoms with Gasteiger partial charge in [0.1, 0.15) is 12.0 Å². The first-order valence-electron chi connectivity index (χ1n) is 9.92. The molecule has 2 heterocycles. The molecule has 0 radical (unpaired) electrons. The van der Waals surface area contributed by atoms with Crippen LogP contribution in [0.4, 0.5) is 8.78 Å². The molecule has 1 saturated heterocycles. The number of hydrogen-bond donors (Lipinski definition) is 0. The van der Waals surface area contributed by atoms with Crippen LogP contribution in [-0.4, -0.2) is 55.8 Å². The number of piperidine rings is 1. The average molecular weight is 454 g/mol. The van der Waals surface area contributed by atoms with Crippen molar-refractivity contribution in [3.63, 3.8) is 0 Å². The molecule has 1 aliphatic carbocycles. The Morgan fingerprint density at radius 3 is 2.71 bits per heavy atom. The average Bonchev–Trinajstić information content (AvgIpc) is 2.98. The van der Waals surface area contributed by atoms with Crippen LogP contribution in [-0.2, 0) is 15.3 Å². The summed E-state index contributed by atoms with van der Waals surface area (Å²) < 4.78 is 61.8. The second-order valence-corrected chi connectivity index (χ2v) is 10.8. The zero-order chi connectivity index (χ0) is 22.8. The minimum absolute atomic E-state index is 0.0488. The first kappa shape index (κ1) is 21.7. The number of ether oxygens (including phenoxy) is 1. The molecule has 2 unspecified atom stereocenters. The van der Waals surface area contributed by atoms with Gasteiger partial charge >= 0.3 is 0 Å². The summed E-state index contributed by atoms with van der Waals surface area (Å²) in [6, 6.07) is 3.72. The molecule has 2 aromatic rings. The normalized spacial score (nSPS) is 24.1. The molecule has 2 aliphatic rings. The molecule has 2 fully saturated rings. The highest BCUT2D eigenvalue weighted by Crippen LogP contribution is 2.59. The minimum atomic E-state index is -3.61. The van der Waals surface area contributed by atoms with Crippen LogP contribution in [0.15, 0.2) is 33.9 Å². The zero-order valence-electron chi connectivity index (χ0n) is 17.7. The molecule has 10 heteroatoms. The number of rotatable bonds is 6. The molecule has 1 aromatic heterocycles. The topological polar surface area (TPSA) is 89.7 Å². The lowest BCUT2D eigenvalue weighted by Gasteiger charge is -2.25. The third kappa shape index (κ3) is 3.81. The van der Waals surface area contributed by atoms with E-state index in [4.69, 9.17) is 9.26 Å². The quantitative estimate of drug-likeness (QED) is 0.666. The van der Waals surface area contributed by atoms with Gasteiger partial charge in [-0.25, -0.2) is 17.2 Å². The van der Waals surface area contributed by atoms with Gasteiger partial charge in [-0.15, -0.1) is 0 Å². The summed E-state index contributed by atoms with van der Waals surface area (Å²) in [4.78, 5) is 14.9. The van der Waals surface area contributed by atoms with Gasteiger partial charge in [-0.3, -0.25) is 4.79 Å². The number of carbonyl (C=O) groups excluding carboxylic acids is 1. The lowest BCUT2D eigenvalue weighted by molar-refractivity contribution is -0.0720. The van der Waals surface area contributed by atoms with Crippen LogP contribution in [0.25, 0.3) is 0 Å². The van der Waals surface area contributed by atoms with E-state index in [1.165, 1.54) is 25.1 Å². The van der Waals surface area contributed by atoms with Crippen molar-refractivity contribution in [2.45, 2.75) is 49.5 Å². The van der Waals surface area contributed by atoms with Gasteiger partial charge in [0.15, 0.2) is 15.9 Å². The summed E-state index contributed by atoms with van der Waals surface area (Å²) in [6.45, 7) is 4.68. The van der Waals surface area contributed by atoms with E-state index in [-0.39, 0.29) is 27.5 Å². The number of amides is 1. The summed E-state index contributed by atoms with van der Waals surface area (Å²) in [5.41, 5.74) is 1.42. The maximum atomic E-state index is 13.7. The highest BCUT2D eigenvalue weighted by molar-refractivity contribution is 7.90. The number of sulfone groups is 1. The molecule has 0 spiro atoms. The van der Waals surface area contributed by atoms with E-state index in [2.05, 4.69) is 5.16 Å². The smallest absolute Gasteiger partial charge is 0.281 e. The first-order valence-corrected chi connectivity index (χ1v) is 11.8. The molecule has 31 heavy (non-hydrogen) atoms. The van der Waals surface area contributed by atoms with Gasteiger partial charge in [-0.1, -0.05) is 5.16 Å². The number of likely N-dealkylation sites (tertiary alicyclic amines) is 1. The molecule has 1 aromatic carbocycles. The highest BCUT2D eigenvalue weighted by atomic mass is 32.2. The maximum absolute atomic E-state index is 13.7. The molecule has 168 valence electrons. The van der Waals surface area contributed by atoms with Crippen LogP contribution >= 0.6 is 0 Å². The third-order valence-corrected chi connectivity index (χ3v) is 7.39. The van der Waals surface area contributed by atoms with Crippen molar-refractivity contribution in [2.75, 3.05) is 19.3 Å². The molecule has 7 nitrogen and oxygen atoms in total. The van der Waals surface area contributed by atoms with Gasteiger partial charge < -0.3 is 14.2 Å². The van der Waals surface area contributed by atoms with Gasteiger partial charge in [0.2, 0.25) is 0 Å². The van der Waals surface area contributed by atoms with Gasteiger partial charge in [0.25, 0.3) is 11.8 Å². The lowest BCUT2D eigenvalue weighted by atomic mass is 9.98. The Balaban J connectivity index is 1.66. The summed E-state index contributed by atoms with van der Waals surface area (Å²) in [5.74, 6) is -3.44. The maximum Gasteiger partial charge on any atom is 0.281 e. The Labute approximate surface area is 179 Å². The summed E-state index contributed by atoms with van der Waals surface area (Å²) in [7, 11) is -3.61. The Bertz CT molecular complexity index is 1140. The number of alkyl halides is 2. The predicted octanol–water partition coefficient (Wildman–Crippen LogP) is 3.22. The number of hydrogen-bond acceptors (Lipinski definition) is 6. The fourth-order valence-electron chi connectivity index (χ4n) is 4.25. The van der Waals surface area contributed by atoms with E-state index in [1.54, 1.807) is 11.2 Å². The molecule has 1 saturated carbocycles. The van der Waals surface area contributed by atoms with Crippen LogP contribution in [0.1, 0.15) is 41.9 Å². The van der Waals surface area contributed by atoms with Crippen LogP contribution in [0.2, 0.25) is 0 Å². The largest absolute Gasteiger partial charge is 0.484 e. The SMILES string of the molecule is Cc1conc1C12CC1CN(C(=O)c1cc(S(C)(=O)=O)ccc1O[C@@H](C)C(C)(F)F)C2. The summed E-state index contributed by atoms with van der Waals surface area (Å²) >= 11 is 0.